The van der Waals surface area contributed by atoms with Crippen LogP contribution in [0.3, 0.4) is 0 Å². The molecule has 16 nitrogen and oxygen atoms in total. The third-order valence-corrected chi connectivity index (χ3v) is 10.9. The monoisotopic (exact) mass is 718 g/mol. The first kappa shape index (κ1) is 35.3. The number of imide groups is 1. The Morgan fingerprint density at radius 2 is 1.88 bits per heavy atom. The van der Waals surface area contributed by atoms with E-state index >= 15 is 0 Å². The summed E-state index contributed by atoms with van der Waals surface area (Å²) in [6, 6.07) is 5.63. The van der Waals surface area contributed by atoms with E-state index in [2.05, 4.69) is 20.2 Å². The number of β-lactam (4-membered cyclic amide) rings is 1. The molecule has 2 fully saturated rings. The molecule has 0 bridgehead atoms. The Morgan fingerprint density at radius 3 is 2.50 bits per heavy atom. The summed E-state index contributed by atoms with van der Waals surface area (Å²) in [4.78, 5) is 83.0. The first-order valence-electron chi connectivity index (χ1n) is 14.8. The van der Waals surface area contributed by atoms with E-state index in [1.165, 1.54) is 44.9 Å². The van der Waals surface area contributed by atoms with Crippen molar-refractivity contribution in [2.24, 2.45) is 0 Å². The number of ether oxygens (including phenoxy) is 1. The summed E-state index contributed by atoms with van der Waals surface area (Å²) in [7, 11) is 0. The van der Waals surface area contributed by atoms with Gasteiger partial charge in [-0.05, 0) is 50.4 Å². The Hall–Kier alpha value is -4.04. The number of hydrogen-bond donors (Lipinski definition) is 4. The van der Waals surface area contributed by atoms with Crippen molar-refractivity contribution in [3.63, 3.8) is 0 Å². The second kappa shape index (κ2) is 14.2. The number of carbonyl (C=O) groups excluding carboxylic acids is 6. The molecular formula is C29H34N8O8S3. The fourth-order valence-corrected chi connectivity index (χ4v) is 8.23. The first-order chi connectivity index (χ1) is 22.8. The average molecular weight is 719 g/mol. The zero-order chi connectivity index (χ0) is 34.8. The van der Waals surface area contributed by atoms with Crippen LogP contribution in [0.4, 0.5) is 4.79 Å². The molecule has 19 heteroatoms. The van der Waals surface area contributed by atoms with Crippen molar-refractivity contribution in [1.82, 2.24) is 40.4 Å². The normalized spacial score (nSPS) is 21.8. The smallest absolute Gasteiger partial charge is 0.355 e. The van der Waals surface area contributed by atoms with Crippen LogP contribution < -0.4 is 16.1 Å². The van der Waals surface area contributed by atoms with Gasteiger partial charge in [-0.1, -0.05) is 34.8 Å². The van der Waals surface area contributed by atoms with E-state index in [9.17, 15) is 34.0 Å². The number of urea groups is 1. The van der Waals surface area contributed by atoms with E-state index in [4.69, 9.17) is 4.74 Å². The average Bonchev–Trinajstić information content (AvgIpc) is 3.59. The van der Waals surface area contributed by atoms with Crippen LogP contribution in [0.5, 0.6) is 0 Å². The minimum Gasteiger partial charge on any atom is -0.455 e. The molecule has 0 aliphatic carbocycles. The highest BCUT2D eigenvalue weighted by Gasteiger charge is 2.66. The van der Waals surface area contributed by atoms with Gasteiger partial charge in [0.25, 0.3) is 5.91 Å². The third-order valence-electron chi connectivity index (χ3n) is 7.57. The maximum Gasteiger partial charge on any atom is 0.355 e. The number of esters is 1. The maximum atomic E-state index is 13.9. The summed E-state index contributed by atoms with van der Waals surface area (Å²) in [5.41, 5.74) is -0.110. The van der Waals surface area contributed by atoms with Crippen LogP contribution in [0, 0.1) is 0 Å². The number of likely N-dealkylation sites (N-methyl/N-ethyl adjacent to an activating group) is 1. The van der Waals surface area contributed by atoms with Gasteiger partial charge in [-0.2, -0.15) is 5.48 Å². The molecule has 6 amide bonds. The molecule has 3 aliphatic rings. The van der Waals surface area contributed by atoms with E-state index in [1.54, 1.807) is 64.2 Å². The highest BCUT2D eigenvalue weighted by atomic mass is 32.2. The molecular weight excluding hydrogens is 685 g/mol. The minimum atomic E-state index is -2.09. The largest absolute Gasteiger partial charge is 0.455 e. The molecule has 0 saturated carbocycles. The van der Waals surface area contributed by atoms with Gasteiger partial charge in [0.05, 0.1) is 6.20 Å². The lowest BCUT2D eigenvalue weighted by Crippen LogP contribution is -2.85. The topological polar surface area (TPSA) is 203 Å². The fraction of sp³-hybridized carbons (Fsp3) is 0.448. The summed E-state index contributed by atoms with van der Waals surface area (Å²) in [6.45, 7) is 7.14. The van der Waals surface area contributed by atoms with Crippen molar-refractivity contribution in [3.8, 4) is 0 Å². The molecule has 1 unspecified atom stereocenters. The van der Waals surface area contributed by atoms with Gasteiger partial charge in [0.15, 0.2) is 0 Å². The fourth-order valence-electron chi connectivity index (χ4n) is 5.26. The molecule has 48 heavy (non-hydrogen) atoms. The lowest BCUT2D eigenvalue weighted by molar-refractivity contribution is -0.174. The van der Waals surface area contributed by atoms with E-state index < -0.39 is 58.3 Å². The van der Waals surface area contributed by atoms with Crippen molar-refractivity contribution in [2.45, 2.75) is 54.6 Å². The number of aromatic nitrogens is 2. The number of rotatable bonds is 10. The van der Waals surface area contributed by atoms with E-state index in [0.29, 0.717) is 23.4 Å². The Balaban J connectivity index is 1.40. The summed E-state index contributed by atoms with van der Waals surface area (Å²) in [5.74, 6) is -3.79. The molecule has 2 saturated heterocycles. The summed E-state index contributed by atoms with van der Waals surface area (Å²) >= 11 is 3.78. The molecule has 0 radical (unpaired) electrons. The van der Waals surface area contributed by atoms with Crippen LogP contribution in [-0.4, -0.2) is 113 Å². The summed E-state index contributed by atoms with van der Waals surface area (Å²) in [5, 5.41) is 18.3. The first-order valence-corrected chi connectivity index (χ1v) is 17.6. The Bertz CT molecular complexity index is 1630. The summed E-state index contributed by atoms with van der Waals surface area (Å²) < 4.78 is 10.3. The Labute approximate surface area is 288 Å². The Kier molecular flexibility index (Phi) is 10.4. The quantitative estimate of drug-likeness (QED) is 0.0679. The van der Waals surface area contributed by atoms with Crippen molar-refractivity contribution in [1.29, 1.82) is 0 Å². The van der Waals surface area contributed by atoms with Gasteiger partial charge in [-0.25, -0.2) is 9.59 Å². The van der Waals surface area contributed by atoms with Gasteiger partial charge in [0.2, 0.25) is 11.6 Å². The van der Waals surface area contributed by atoms with Crippen molar-refractivity contribution in [2.75, 3.05) is 31.1 Å². The van der Waals surface area contributed by atoms with Crippen LogP contribution in [-0.2, 0) is 28.7 Å². The predicted molar refractivity (Wildman–Crippen MR) is 174 cm³/mol. The molecule has 3 atom stereocenters. The van der Waals surface area contributed by atoms with Gasteiger partial charge >= 0.3 is 23.8 Å². The number of benzene rings is 1. The number of piperazine rings is 1. The molecule has 1 aromatic carbocycles. The molecule has 5 rings (SSSR count). The molecule has 256 valence electrons. The number of nitrogens with zero attached hydrogens (tertiary/aromatic N) is 5. The van der Waals surface area contributed by atoms with Gasteiger partial charge < -0.3 is 25.5 Å². The van der Waals surface area contributed by atoms with E-state index in [-0.39, 0.29) is 24.5 Å². The van der Waals surface area contributed by atoms with Crippen LogP contribution in [0.2, 0.25) is 0 Å². The number of carbonyl (C=O) groups is 6. The van der Waals surface area contributed by atoms with Crippen molar-refractivity contribution < 1.29 is 38.7 Å². The zero-order valence-corrected chi connectivity index (χ0v) is 28.9. The molecule has 0 spiro atoms. The highest BCUT2D eigenvalue weighted by Crippen LogP contribution is 2.46. The minimum absolute atomic E-state index is 0.00564. The number of fused-ring (bicyclic) bond motifs is 1. The van der Waals surface area contributed by atoms with Gasteiger partial charge in [-0.3, -0.25) is 29.0 Å². The molecule has 4 N–H and O–H groups in total. The predicted octanol–water partition coefficient (Wildman–Crippen LogP) is 1.07. The molecule has 1 aromatic heterocycles. The van der Waals surface area contributed by atoms with Crippen molar-refractivity contribution >= 4 is 70.7 Å². The standard InChI is InChI=1S/C29H34N8O8S3/c1-5-35-11-12-36(23(40)22(35)39)27(43)31-19(16-9-7-6-8-10-16)21(38)32-29(33-44)25(42)37-20(24(41)45-28(2,3)4)17(15-47-26(29)37)14-46-18-13-30-34-48-18/h6-10,13,19,26,33,44H,5,11-12,14-15H2,1-4H3,(H,31,43)(H,32,38)/t19?,26-,29-/m0/s1. The molecule has 2 aromatic rings. The Morgan fingerprint density at radius 1 is 1.15 bits per heavy atom. The second-order valence-corrected chi connectivity index (χ2v) is 15.0. The van der Waals surface area contributed by atoms with E-state index in [1.807, 2.05) is 5.48 Å². The SMILES string of the molecule is CCN1CCN(C(=O)NC(C(=O)N[C@]2(NO)C(=O)N3C(C(=O)OC(C)(C)C)=C(CSc4cnns4)CS[C@H]32)c2ccccc2)C(=O)C1=O. The van der Waals surface area contributed by atoms with Crippen molar-refractivity contribution in [3.05, 3.63) is 53.4 Å². The lowest BCUT2D eigenvalue weighted by Gasteiger charge is -2.56. The lowest BCUT2D eigenvalue weighted by atomic mass is 9.94. The van der Waals surface area contributed by atoms with Crippen LogP contribution in [0.1, 0.15) is 39.3 Å². The third kappa shape index (κ3) is 6.91. The molecule has 3 aliphatic heterocycles. The van der Waals surface area contributed by atoms with Crippen LogP contribution in [0.15, 0.2) is 52.0 Å². The number of hydrogen-bond acceptors (Lipinski definition) is 14. The van der Waals surface area contributed by atoms with Crippen LogP contribution in [0.25, 0.3) is 0 Å². The summed E-state index contributed by atoms with van der Waals surface area (Å²) in [6.07, 6.45) is 1.59. The zero-order valence-electron chi connectivity index (χ0n) is 26.4. The van der Waals surface area contributed by atoms with Gasteiger partial charge in [0.1, 0.15) is 26.9 Å². The van der Waals surface area contributed by atoms with Gasteiger partial charge in [-0.15, -0.1) is 28.6 Å². The van der Waals surface area contributed by atoms with Gasteiger partial charge in [0, 0.05) is 31.1 Å². The maximum absolute atomic E-state index is 13.9. The number of hydroxylamine groups is 1. The number of thioether (sulfide) groups is 2. The second-order valence-electron chi connectivity index (χ2n) is 11.9. The highest BCUT2D eigenvalue weighted by molar-refractivity contribution is 8.01. The van der Waals surface area contributed by atoms with E-state index in [0.717, 1.165) is 9.11 Å². The van der Waals surface area contributed by atoms with Crippen LogP contribution >= 0.6 is 35.1 Å². The number of amides is 6. The molecule has 4 heterocycles. The number of nitrogens with one attached hydrogen (secondary N) is 3.